The lowest BCUT2D eigenvalue weighted by atomic mass is 9.98. The molecule has 1 amide bonds. The smallest absolute Gasteiger partial charge is 0.359 e. The van der Waals surface area contributed by atoms with E-state index in [0.29, 0.717) is 5.56 Å². The molecule has 1 aromatic carbocycles. The summed E-state index contributed by atoms with van der Waals surface area (Å²) in [6.45, 7) is 8.35. The highest BCUT2D eigenvalue weighted by Crippen LogP contribution is 2.50. The van der Waals surface area contributed by atoms with Crippen LogP contribution in [0.1, 0.15) is 58.1 Å². The number of fused-ring (bicyclic) bond motifs is 1. The maximum absolute atomic E-state index is 13.7. The molecule has 2 N–H and O–H groups in total. The zero-order valence-electron chi connectivity index (χ0n) is 27.7. The molecule has 0 saturated carbocycles. The number of amides is 1. The Labute approximate surface area is 277 Å². The van der Waals surface area contributed by atoms with E-state index in [-0.39, 0.29) is 17.0 Å². The quantitative estimate of drug-likeness (QED) is 0.156. The molecule has 2 aromatic heterocycles. The molecule has 1 aliphatic rings. The molecule has 16 nitrogen and oxygen atoms in total. The van der Waals surface area contributed by atoms with E-state index in [0.717, 1.165) is 5.82 Å². The van der Waals surface area contributed by atoms with E-state index in [1.54, 1.807) is 71.9 Å². The number of esters is 2. The van der Waals surface area contributed by atoms with Crippen LogP contribution in [0.2, 0.25) is 0 Å². The fourth-order valence-corrected chi connectivity index (χ4v) is 5.29. The maximum atomic E-state index is 13.7. The minimum absolute atomic E-state index is 0.158. The fourth-order valence-electron chi connectivity index (χ4n) is 4.27. The van der Waals surface area contributed by atoms with Crippen LogP contribution in [0.5, 0.6) is 0 Å². The van der Waals surface area contributed by atoms with Crippen molar-refractivity contribution in [3.05, 3.63) is 60.4 Å². The second kappa shape index (κ2) is 15.0. The van der Waals surface area contributed by atoms with Gasteiger partial charge >= 0.3 is 19.5 Å². The van der Waals surface area contributed by atoms with E-state index in [1.807, 2.05) is 0 Å². The summed E-state index contributed by atoms with van der Waals surface area (Å²) in [5, 5.41) is 13.9. The predicted octanol–water partition coefficient (Wildman–Crippen LogP) is 4.19. The van der Waals surface area contributed by atoms with Crippen LogP contribution < -0.4 is 5.32 Å². The molecule has 0 spiro atoms. The molecule has 4 atom stereocenters. The number of aliphatic hydroxyl groups excluding tert-OH is 1. The summed E-state index contributed by atoms with van der Waals surface area (Å²) in [5.74, 6) is -0.454. The lowest BCUT2D eigenvalue weighted by Gasteiger charge is -2.20. The second-order valence-corrected chi connectivity index (χ2v) is 14.7. The molecule has 17 heteroatoms. The van der Waals surface area contributed by atoms with Gasteiger partial charge in [-0.1, -0.05) is 18.2 Å². The molecule has 0 aliphatic carbocycles. The van der Waals surface area contributed by atoms with E-state index >= 15 is 0 Å². The summed E-state index contributed by atoms with van der Waals surface area (Å²) in [7, 11) is -2.88. The van der Waals surface area contributed by atoms with Crippen molar-refractivity contribution in [2.24, 2.45) is 10.8 Å². The average Bonchev–Trinajstić information content (AvgIpc) is 3.60. The van der Waals surface area contributed by atoms with Crippen molar-refractivity contribution in [3.63, 3.8) is 0 Å². The van der Waals surface area contributed by atoms with E-state index in [4.69, 9.17) is 28.0 Å². The summed E-state index contributed by atoms with van der Waals surface area (Å²) >= 11 is 0. The van der Waals surface area contributed by atoms with Crippen molar-refractivity contribution in [2.45, 2.75) is 66.1 Å². The Kier molecular flexibility index (Phi) is 11.5. The van der Waals surface area contributed by atoms with E-state index in [1.165, 1.54) is 30.4 Å². The molecule has 1 aliphatic heterocycles. The van der Waals surface area contributed by atoms with Gasteiger partial charge in [0.2, 0.25) is 13.6 Å². The number of benzene rings is 1. The van der Waals surface area contributed by atoms with Gasteiger partial charge in [0, 0.05) is 18.5 Å². The van der Waals surface area contributed by atoms with E-state index < -0.39 is 74.4 Å². The van der Waals surface area contributed by atoms with Gasteiger partial charge < -0.3 is 29.4 Å². The van der Waals surface area contributed by atoms with Crippen molar-refractivity contribution >= 4 is 42.4 Å². The second-order valence-electron chi connectivity index (χ2n) is 12.8. The zero-order valence-corrected chi connectivity index (χ0v) is 28.6. The van der Waals surface area contributed by atoms with Crippen LogP contribution in [0.15, 0.2) is 54.9 Å². The molecular weight excluding hydrogens is 649 g/mol. The van der Waals surface area contributed by atoms with Crippen LogP contribution in [0.3, 0.4) is 0 Å². The minimum atomic E-state index is -4.26. The number of carbonyl (C=O) groups excluding carboxylic acids is 3. The first-order valence-corrected chi connectivity index (χ1v) is 16.5. The first-order chi connectivity index (χ1) is 22.5. The van der Waals surface area contributed by atoms with Gasteiger partial charge in [0.05, 0.1) is 17.2 Å². The lowest BCUT2D eigenvalue weighted by molar-refractivity contribution is -0.161. The summed E-state index contributed by atoms with van der Waals surface area (Å²) in [6, 6.07) is 8.57. The van der Waals surface area contributed by atoms with Gasteiger partial charge in [-0.2, -0.15) is 0 Å². The predicted molar refractivity (Wildman–Crippen MR) is 170 cm³/mol. The fraction of sp³-hybridized carbons (Fsp3) is 0.484. The van der Waals surface area contributed by atoms with Gasteiger partial charge in [-0.05, 0) is 59.8 Å². The summed E-state index contributed by atoms with van der Waals surface area (Å²) in [4.78, 5) is 50.0. The number of anilines is 1. The van der Waals surface area contributed by atoms with Gasteiger partial charge in [-0.15, -0.1) is 0 Å². The number of aliphatic hydroxyl groups is 1. The Morgan fingerprint density at radius 1 is 0.979 bits per heavy atom. The monoisotopic (exact) mass is 689 g/mol. The first-order valence-electron chi connectivity index (χ1n) is 14.9. The molecule has 3 aromatic rings. The molecule has 4 rings (SSSR count). The van der Waals surface area contributed by atoms with Crippen molar-refractivity contribution in [1.29, 1.82) is 0 Å². The standard InChI is InChI=1S/C31H40N5O11P/c1-30(2,3)28(39)43-17-45-48(41,46-18-44-29(40)31(4,5)6)14-13-20-22(37)23(42-7)27(47-20)36-16-34-21-24(32-15-33-25(21)36)35-26(38)19-11-9-8-10-12-19/h8-16,20,22-23,27,37H,17-18H2,1-7H3,(H,32,33,35,38)/b14-13+/t20-,22-,23-,27-/m1/s1. The molecular formula is C31H40N5O11P. The third-order valence-electron chi connectivity index (χ3n) is 6.95. The van der Waals surface area contributed by atoms with Crippen LogP contribution >= 0.6 is 7.60 Å². The summed E-state index contributed by atoms with van der Waals surface area (Å²) < 4.78 is 47.6. The molecule has 1 saturated heterocycles. The Balaban J connectivity index is 1.53. The number of nitrogens with one attached hydrogen (secondary N) is 1. The van der Waals surface area contributed by atoms with Crippen molar-refractivity contribution < 1.29 is 52.1 Å². The van der Waals surface area contributed by atoms with E-state index in [2.05, 4.69) is 20.3 Å². The van der Waals surface area contributed by atoms with Gasteiger partial charge in [0.1, 0.15) is 24.6 Å². The Hall–Kier alpha value is -4.05. The van der Waals surface area contributed by atoms with Crippen LogP contribution in [0, 0.1) is 10.8 Å². The molecule has 48 heavy (non-hydrogen) atoms. The third kappa shape index (κ3) is 8.89. The van der Waals surface area contributed by atoms with Crippen LogP contribution in [0.4, 0.5) is 5.82 Å². The SMILES string of the molecule is CO[C@@H]1[C@H](O)[C@@H](/C=C/P(=O)(OCOC(=O)C(C)(C)C)OCOC(=O)C(C)(C)C)O[C@H]1n1cnc2c(NC(=O)c3ccccc3)ncnc21. The van der Waals surface area contributed by atoms with Crippen LogP contribution in [0.25, 0.3) is 11.2 Å². The number of rotatable bonds is 12. The third-order valence-corrected chi connectivity index (χ3v) is 8.42. The van der Waals surface area contributed by atoms with Gasteiger partial charge in [-0.3, -0.25) is 32.6 Å². The van der Waals surface area contributed by atoms with Crippen molar-refractivity contribution in [1.82, 2.24) is 19.5 Å². The summed E-state index contributed by atoms with van der Waals surface area (Å²) in [5.41, 5.74) is -0.750. The number of hydrogen-bond donors (Lipinski definition) is 2. The Morgan fingerprint density at radius 3 is 2.15 bits per heavy atom. The highest BCUT2D eigenvalue weighted by molar-refractivity contribution is 7.57. The number of hydrogen-bond acceptors (Lipinski definition) is 14. The number of aromatic nitrogens is 4. The normalized spacial score (nSPS) is 20.2. The molecule has 0 bridgehead atoms. The minimum Gasteiger partial charge on any atom is -0.438 e. The Bertz CT molecular complexity index is 1650. The zero-order chi connectivity index (χ0) is 35.3. The Morgan fingerprint density at radius 2 is 1.58 bits per heavy atom. The highest BCUT2D eigenvalue weighted by Gasteiger charge is 2.45. The van der Waals surface area contributed by atoms with Crippen molar-refractivity contribution in [3.8, 4) is 0 Å². The van der Waals surface area contributed by atoms with E-state index in [9.17, 15) is 24.1 Å². The van der Waals surface area contributed by atoms with Crippen molar-refractivity contribution in [2.75, 3.05) is 26.0 Å². The number of imidazole rings is 1. The van der Waals surface area contributed by atoms with Gasteiger partial charge in [-0.25, -0.2) is 15.0 Å². The largest absolute Gasteiger partial charge is 0.438 e. The topological polar surface area (TPSA) is 200 Å². The molecule has 1 fully saturated rings. The number of carbonyl (C=O) groups is 3. The van der Waals surface area contributed by atoms with Gasteiger partial charge in [0.15, 0.2) is 23.2 Å². The van der Waals surface area contributed by atoms with Crippen LogP contribution in [-0.2, 0) is 42.1 Å². The van der Waals surface area contributed by atoms with Gasteiger partial charge in [0.25, 0.3) is 5.91 Å². The molecule has 0 unspecified atom stereocenters. The molecule has 260 valence electrons. The molecule has 0 radical (unpaired) electrons. The lowest BCUT2D eigenvalue weighted by Crippen LogP contribution is -2.32. The molecule has 3 heterocycles. The highest BCUT2D eigenvalue weighted by atomic mass is 31.2. The first kappa shape index (κ1) is 36.8. The number of methoxy groups -OCH3 is 1. The maximum Gasteiger partial charge on any atom is 0.359 e. The van der Waals surface area contributed by atoms with Crippen LogP contribution in [-0.4, -0.2) is 81.5 Å². The number of nitrogens with zero attached hydrogens (tertiary/aromatic N) is 4. The average molecular weight is 690 g/mol. The summed E-state index contributed by atoms with van der Waals surface area (Å²) in [6.07, 6.45) is -0.471. The number of ether oxygens (including phenoxy) is 4.